The summed E-state index contributed by atoms with van der Waals surface area (Å²) in [4.78, 5) is 26.1. The summed E-state index contributed by atoms with van der Waals surface area (Å²) in [7, 11) is 0. The molecule has 1 amide bonds. The zero-order valence-electron chi connectivity index (χ0n) is 13.0. The maximum Gasteiger partial charge on any atom is 0.278 e. The van der Waals surface area contributed by atoms with E-state index in [4.69, 9.17) is 0 Å². The number of hydrogen-bond acceptors (Lipinski definition) is 3. The third kappa shape index (κ3) is 3.61. The van der Waals surface area contributed by atoms with Crippen LogP contribution in [0.3, 0.4) is 0 Å². The molecule has 2 rings (SSSR count). The molecule has 0 fully saturated rings. The van der Waals surface area contributed by atoms with E-state index in [9.17, 15) is 9.59 Å². The summed E-state index contributed by atoms with van der Waals surface area (Å²) in [5.41, 5.74) is 0.942. The molecule has 0 aliphatic rings. The van der Waals surface area contributed by atoms with E-state index >= 15 is 0 Å². The summed E-state index contributed by atoms with van der Waals surface area (Å²) in [6.07, 6.45) is 1.91. The van der Waals surface area contributed by atoms with E-state index in [2.05, 4.69) is 12.0 Å². The number of carbonyl (C=O) groups excluding carboxylic acids is 1. The van der Waals surface area contributed by atoms with Crippen LogP contribution in [0.4, 0.5) is 5.69 Å². The van der Waals surface area contributed by atoms with E-state index < -0.39 is 0 Å². The molecule has 0 aliphatic heterocycles. The number of anilines is 1. The second-order valence-corrected chi connectivity index (χ2v) is 5.02. The van der Waals surface area contributed by atoms with E-state index in [1.165, 1.54) is 16.8 Å². The van der Waals surface area contributed by atoms with Crippen LogP contribution < -0.4 is 10.5 Å². The average Bonchev–Trinajstić information content (AvgIpc) is 2.56. The minimum atomic E-state index is -0.195. The van der Waals surface area contributed by atoms with Crippen LogP contribution in [0.1, 0.15) is 37.2 Å². The monoisotopic (exact) mass is 299 g/mol. The highest BCUT2D eigenvalue weighted by molar-refractivity contribution is 6.04. The van der Waals surface area contributed by atoms with Gasteiger partial charge in [-0.3, -0.25) is 9.59 Å². The lowest BCUT2D eigenvalue weighted by Crippen LogP contribution is -2.34. The molecule has 0 N–H and O–H groups in total. The Labute approximate surface area is 130 Å². The van der Waals surface area contributed by atoms with Crippen molar-refractivity contribution in [2.75, 3.05) is 11.4 Å². The number of unbranched alkanes of at least 4 members (excludes halogenated alkanes) is 1. The first-order chi connectivity index (χ1) is 10.7. The molecule has 5 heteroatoms. The van der Waals surface area contributed by atoms with Crippen LogP contribution in [0.25, 0.3) is 0 Å². The summed E-state index contributed by atoms with van der Waals surface area (Å²) < 4.78 is 1.30. The lowest BCUT2D eigenvalue weighted by atomic mass is 10.2. The first kappa shape index (κ1) is 15.9. The van der Waals surface area contributed by atoms with Crippen LogP contribution in [0.5, 0.6) is 0 Å². The largest absolute Gasteiger partial charge is 0.307 e. The van der Waals surface area contributed by atoms with Crippen molar-refractivity contribution in [2.45, 2.75) is 33.2 Å². The van der Waals surface area contributed by atoms with Gasteiger partial charge in [0.15, 0.2) is 0 Å². The topological polar surface area (TPSA) is 55.2 Å². The van der Waals surface area contributed by atoms with Crippen molar-refractivity contribution in [3.05, 3.63) is 58.5 Å². The molecule has 1 heterocycles. The van der Waals surface area contributed by atoms with E-state index in [1.54, 1.807) is 4.90 Å². The van der Waals surface area contributed by atoms with Gasteiger partial charge < -0.3 is 4.90 Å². The number of hydrogen-bond donors (Lipinski definition) is 0. The Morgan fingerprint density at radius 1 is 1.14 bits per heavy atom. The fourth-order valence-corrected chi connectivity index (χ4v) is 2.20. The Balaban J connectivity index is 2.35. The molecule has 0 bridgehead atoms. The quantitative estimate of drug-likeness (QED) is 0.824. The molecule has 2 aromatic rings. The maximum atomic E-state index is 12.8. The Kier molecular flexibility index (Phi) is 5.47. The van der Waals surface area contributed by atoms with Gasteiger partial charge in [0.05, 0.1) is 0 Å². The van der Waals surface area contributed by atoms with Gasteiger partial charge in [-0.15, -0.1) is 0 Å². The highest BCUT2D eigenvalue weighted by atomic mass is 16.2. The lowest BCUT2D eigenvalue weighted by molar-refractivity contribution is 0.0979. The summed E-state index contributed by atoms with van der Waals surface area (Å²) in [6.45, 7) is 4.99. The third-order valence-corrected chi connectivity index (χ3v) is 3.43. The van der Waals surface area contributed by atoms with E-state index in [0.29, 0.717) is 18.8 Å². The van der Waals surface area contributed by atoms with Crippen LogP contribution in [0.15, 0.2) is 47.3 Å². The van der Waals surface area contributed by atoms with Gasteiger partial charge >= 0.3 is 0 Å². The van der Waals surface area contributed by atoms with Gasteiger partial charge in [0, 0.05) is 24.8 Å². The average molecular weight is 299 g/mol. The molecule has 1 aromatic heterocycles. The van der Waals surface area contributed by atoms with Gasteiger partial charge in [-0.25, -0.2) is 4.68 Å². The third-order valence-electron chi connectivity index (χ3n) is 3.43. The Morgan fingerprint density at radius 3 is 2.50 bits per heavy atom. The van der Waals surface area contributed by atoms with Gasteiger partial charge in [0.25, 0.3) is 11.5 Å². The first-order valence-electron chi connectivity index (χ1n) is 7.62. The fourth-order valence-electron chi connectivity index (χ4n) is 2.20. The number of rotatable bonds is 6. The number of amides is 1. The molecule has 0 radical (unpaired) electrons. The predicted molar refractivity (Wildman–Crippen MR) is 87.2 cm³/mol. The zero-order valence-corrected chi connectivity index (χ0v) is 13.0. The molecule has 1 aromatic carbocycles. The molecule has 0 atom stereocenters. The van der Waals surface area contributed by atoms with Gasteiger partial charge in [0.2, 0.25) is 0 Å². The predicted octanol–water partition coefficient (Wildman–Crippen LogP) is 2.71. The number of para-hydroxylation sites is 1. The molecule has 22 heavy (non-hydrogen) atoms. The number of carbonyl (C=O) groups is 1. The molecule has 0 saturated heterocycles. The maximum absolute atomic E-state index is 12.8. The SMILES string of the molecule is CCCCN(C(=O)c1ccc(=O)n(CC)n1)c1ccccc1. The van der Waals surface area contributed by atoms with E-state index in [1.807, 2.05) is 37.3 Å². The molecule has 5 nitrogen and oxygen atoms in total. The highest BCUT2D eigenvalue weighted by Crippen LogP contribution is 2.16. The van der Waals surface area contributed by atoms with Crippen molar-refractivity contribution in [3.8, 4) is 0 Å². The van der Waals surface area contributed by atoms with Crippen LogP contribution >= 0.6 is 0 Å². The van der Waals surface area contributed by atoms with Crippen molar-refractivity contribution < 1.29 is 4.79 Å². The smallest absolute Gasteiger partial charge is 0.278 e. The van der Waals surface area contributed by atoms with Gasteiger partial charge in [-0.05, 0) is 31.5 Å². The Morgan fingerprint density at radius 2 is 1.86 bits per heavy atom. The molecule has 0 spiro atoms. The lowest BCUT2D eigenvalue weighted by Gasteiger charge is -2.22. The molecule has 0 saturated carbocycles. The van der Waals surface area contributed by atoms with Crippen molar-refractivity contribution in [1.29, 1.82) is 0 Å². The van der Waals surface area contributed by atoms with Crippen molar-refractivity contribution in [1.82, 2.24) is 9.78 Å². The van der Waals surface area contributed by atoms with Crippen LogP contribution in [0, 0.1) is 0 Å². The number of benzene rings is 1. The molecule has 0 unspecified atom stereocenters. The molecular weight excluding hydrogens is 278 g/mol. The normalized spacial score (nSPS) is 10.5. The van der Waals surface area contributed by atoms with E-state index in [-0.39, 0.29) is 11.5 Å². The standard InChI is InChI=1S/C17H21N3O2/c1-3-5-13-19(14-9-7-6-8-10-14)17(22)15-11-12-16(21)20(4-2)18-15/h6-12H,3-5,13H2,1-2H3. The molecular formula is C17H21N3O2. The van der Waals surface area contributed by atoms with Gasteiger partial charge in [-0.1, -0.05) is 31.5 Å². The number of aryl methyl sites for hydroxylation is 1. The molecule has 0 aliphatic carbocycles. The first-order valence-corrected chi connectivity index (χ1v) is 7.62. The van der Waals surface area contributed by atoms with Gasteiger partial charge in [-0.2, -0.15) is 5.10 Å². The van der Waals surface area contributed by atoms with Crippen LogP contribution in [-0.2, 0) is 6.54 Å². The van der Waals surface area contributed by atoms with E-state index in [0.717, 1.165) is 18.5 Å². The fraction of sp³-hybridized carbons (Fsp3) is 0.353. The van der Waals surface area contributed by atoms with Crippen molar-refractivity contribution in [2.24, 2.45) is 0 Å². The van der Waals surface area contributed by atoms with Crippen molar-refractivity contribution >= 4 is 11.6 Å². The number of nitrogens with zero attached hydrogens (tertiary/aromatic N) is 3. The van der Waals surface area contributed by atoms with Crippen LogP contribution in [0.2, 0.25) is 0 Å². The van der Waals surface area contributed by atoms with Crippen LogP contribution in [-0.4, -0.2) is 22.2 Å². The summed E-state index contributed by atoms with van der Waals surface area (Å²) in [6, 6.07) is 12.4. The number of aromatic nitrogens is 2. The summed E-state index contributed by atoms with van der Waals surface area (Å²) in [5.74, 6) is -0.179. The Bertz CT molecular complexity index is 680. The molecule has 116 valence electrons. The summed E-state index contributed by atoms with van der Waals surface area (Å²) in [5, 5.41) is 4.16. The summed E-state index contributed by atoms with van der Waals surface area (Å²) >= 11 is 0. The highest BCUT2D eigenvalue weighted by Gasteiger charge is 2.19. The second-order valence-electron chi connectivity index (χ2n) is 5.02. The van der Waals surface area contributed by atoms with Gasteiger partial charge in [0.1, 0.15) is 5.69 Å². The zero-order chi connectivity index (χ0) is 15.9. The minimum absolute atomic E-state index is 0.179. The van der Waals surface area contributed by atoms with Crippen molar-refractivity contribution in [3.63, 3.8) is 0 Å². The minimum Gasteiger partial charge on any atom is -0.307 e. The Hall–Kier alpha value is -2.43. The second kappa shape index (κ2) is 7.54.